The lowest BCUT2D eigenvalue weighted by atomic mass is 10.0. The highest BCUT2D eigenvalue weighted by Crippen LogP contribution is 2.24. The summed E-state index contributed by atoms with van der Waals surface area (Å²) >= 11 is 1.64. The van der Waals surface area contributed by atoms with E-state index in [4.69, 9.17) is 4.98 Å². The lowest BCUT2D eigenvalue weighted by molar-refractivity contribution is 0.0934. The maximum absolute atomic E-state index is 12.9. The van der Waals surface area contributed by atoms with Crippen LogP contribution in [0.25, 0.3) is 11.0 Å². The van der Waals surface area contributed by atoms with Crippen LogP contribution in [0.3, 0.4) is 0 Å². The van der Waals surface area contributed by atoms with Gasteiger partial charge in [-0.1, -0.05) is 42.5 Å². The number of para-hydroxylation sites is 2. The molecule has 0 aliphatic carbocycles. The van der Waals surface area contributed by atoms with Crippen LogP contribution in [0, 0.1) is 13.8 Å². The molecule has 4 rings (SSSR count). The Balaban J connectivity index is 1.67. The van der Waals surface area contributed by atoms with Crippen molar-refractivity contribution in [3.8, 4) is 0 Å². The summed E-state index contributed by atoms with van der Waals surface area (Å²) < 4.78 is 0. The van der Waals surface area contributed by atoms with E-state index in [0.29, 0.717) is 6.42 Å². The zero-order chi connectivity index (χ0) is 18.8. The standard InChI is InChI=1S/C22H21N3OS/c1-14-12-17(15(2)27-14)22(26)25-20(13-16-8-4-3-5-9-16)21-23-18-10-6-7-11-19(18)24-21/h3-12,20H,13H2,1-2H3,(H,23,24)(H,25,26)/t20-/m0/s1. The van der Waals surface area contributed by atoms with Crippen LogP contribution in [0.1, 0.15) is 37.5 Å². The van der Waals surface area contributed by atoms with E-state index in [0.717, 1.165) is 37.7 Å². The van der Waals surface area contributed by atoms with E-state index < -0.39 is 0 Å². The van der Waals surface area contributed by atoms with Gasteiger partial charge in [0.15, 0.2) is 0 Å². The number of benzene rings is 2. The average Bonchev–Trinajstić information content (AvgIpc) is 3.24. The smallest absolute Gasteiger partial charge is 0.253 e. The molecule has 2 N–H and O–H groups in total. The Kier molecular flexibility index (Phi) is 4.77. The highest BCUT2D eigenvalue weighted by atomic mass is 32.1. The predicted octanol–water partition coefficient (Wildman–Crippen LogP) is 4.96. The summed E-state index contributed by atoms with van der Waals surface area (Å²) in [5.74, 6) is 0.719. The molecule has 2 aromatic carbocycles. The van der Waals surface area contributed by atoms with Gasteiger partial charge < -0.3 is 10.3 Å². The number of hydrogen-bond donors (Lipinski definition) is 2. The predicted molar refractivity (Wildman–Crippen MR) is 110 cm³/mol. The molecule has 2 aromatic heterocycles. The van der Waals surface area contributed by atoms with Crippen molar-refractivity contribution < 1.29 is 4.79 Å². The number of nitrogens with zero attached hydrogens (tertiary/aromatic N) is 1. The largest absolute Gasteiger partial charge is 0.342 e. The molecule has 4 nitrogen and oxygen atoms in total. The third-order valence-electron chi connectivity index (χ3n) is 4.61. The molecule has 0 saturated carbocycles. The third kappa shape index (κ3) is 3.78. The monoisotopic (exact) mass is 375 g/mol. The van der Waals surface area contributed by atoms with Crippen molar-refractivity contribution in [3.63, 3.8) is 0 Å². The highest BCUT2D eigenvalue weighted by molar-refractivity contribution is 7.12. The van der Waals surface area contributed by atoms with Gasteiger partial charge in [0.1, 0.15) is 5.82 Å². The molecule has 0 aliphatic rings. The van der Waals surface area contributed by atoms with Gasteiger partial charge in [-0.3, -0.25) is 4.79 Å². The molecule has 1 atom stereocenters. The summed E-state index contributed by atoms with van der Waals surface area (Å²) in [6, 6.07) is 19.8. The molecule has 1 amide bonds. The molecule has 0 radical (unpaired) electrons. The first-order valence-electron chi connectivity index (χ1n) is 8.96. The maximum Gasteiger partial charge on any atom is 0.253 e. The number of nitrogens with one attached hydrogen (secondary N) is 2. The molecule has 0 saturated heterocycles. The highest BCUT2D eigenvalue weighted by Gasteiger charge is 2.21. The van der Waals surface area contributed by atoms with Crippen LogP contribution in [0.15, 0.2) is 60.7 Å². The van der Waals surface area contributed by atoms with Crippen LogP contribution < -0.4 is 5.32 Å². The summed E-state index contributed by atoms with van der Waals surface area (Å²) in [4.78, 5) is 23.2. The number of aryl methyl sites for hydroxylation is 2. The summed E-state index contributed by atoms with van der Waals surface area (Å²) in [7, 11) is 0. The van der Waals surface area contributed by atoms with Gasteiger partial charge in [-0.2, -0.15) is 0 Å². The molecule has 0 fully saturated rings. The van der Waals surface area contributed by atoms with E-state index in [1.54, 1.807) is 11.3 Å². The van der Waals surface area contributed by atoms with E-state index in [1.807, 2.05) is 62.4 Å². The average molecular weight is 375 g/mol. The molecule has 0 aliphatic heterocycles. The Morgan fingerprint density at radius 2 is 1.85 bits per heavy atom. The van der Waals surface area contributed by atoms with Crippen molar-refractivity contribution in [3.05, 3.63) is 87.4 Å². The summed E-state index contributed by atoms with van der Waals surface area (Å²) in [5.41, 5.74) is 3.78. The first kappa shape index (κ1) is 17.5. The minimum atomic E-state index is -0.230. The van der Waals surface area contributed by atoms with Gasteiger partial charge in [0.05, 0.1) is 22.6 Å². The zero-order valence-corrected chi connectivity index (χ0v) is 16.1. The second-order valence-electron chi connectivity index (χ2n) is 6.68. The van der Waals surface area contributed by atoms with Gasteiger partial charge in [-0.25, -0.2) is 4.98 Å². The quantitative estimate of drug-likeness (QED) is 0.518. The first-order chi connectivity index (χ1) is 13.1. The Bertz CT molecular complexity index is 1050. The van der Waals surface area contributed by atoms with Crippen LogP contribution in [0.4, 0.5) is 0 Å². The number of rotatable bonds is 5. The van der Waals surface area contributed by atoms with Crippen LogP contribution in [-0.4, -0.2) is 15.9 Å². The number of fused-ring (bicyclic) bond motifs is 1. The second kappa shape index (κ2) is 7.37. The number of thiophene rings is 1. The molecule has 136 valence electrons. The SMILES string of the molecule is Cc1cc(C(=O)N[C@@H](Cc2ccccc2)c2nc3ccccc3[nH]2)c(C)s1. The molecule has 2 heterocycles. The first-order valence-corrected chi connectivity index (χ1v) is 9.78. The number of carbonyl (C=O) groups excluding carboxylic acids is 1. The Hall–Kier alpha value is -2.92. The fourth-order valence-electron chi connectivity index (χ4n) is 3.30. The van der Waals surface area contributed by atoms with Gasteiger partial charge >= 0.3 is 0 Å². The van der Waals surface area contributed by atoms with E-state index >= 15 is 0 Å². The number of aromatic amines is 1. The van der Waals surface area contributed by atoms with Crippen molar-refractivity contribution in [1.29, 1.82) is 0 Å². The lowest BCUT2D eigenvalue weighted by Crippen LogP contribution is -2.30. The van der Waals surface area contributed by atoms with Crippen molar-refractivity contribution in [2.24, 2.45) is 0 Å². The lowest BCUT2D eigenvalue weighted by Gasteiger charge is -2.17. The van der Waals surface area contributed by atoms with Crippen molar-refractivity contribution in [2.45, 2.75) is 26.3 Å². The number of carbonyl (C=O) groups is 1. The number of H-pyrrole nitrogens is 1. The number of hydrogen-bond acceptors (Lipinski definition) is 3. The Morgan fingerprint density at radius 3 is 2.56 bits per heavy atom. The van der Waals surface area contributed by atoms with Crippen LogP contribution in [0.2, 0.25) is 0 Å². The summed E-state index contributed by atoms with van der Waals surface area (Å²) in [5, 5.41) is 3.19. The topological polar surface area (TPSA) is 57.8 Å². The van der Waals surface area contributed by atoms with Gasteiger partial charge in [0, 0.05) is 9.75 Å². The minimum absolute atomic E-state index is 0.0572. The summed E-state index contributed by atoms with van der Waals surface area (Å²) in [6.45, 7) is 4.01. The van der Waals surface area contributed by atoms with E-state index in [1.165, 1.54) is 0 Å². The number of aromatic nitrogens is 2. The summed E-state index contributed by atoms with van der Waals surface area (Å²) in [6.07, 6.45) is 0.675. The van der Waals surface area contributed by atoms with Gasteiger partial charge in [0.2, 0.25) is 0 Å². The molecule has 5 heteroatoms. The van der Waals surface area contributed by atoms with Crippen molar-refractivity contribution in [2.75, 3.05) is 0 Å². The van der Waals surface area contributed by atoms with Crippen LogP contribution in [-0.2, 0) is 6.42 Å². The second-order valence-corrected chi connectivity index (χ2v) is 8.14. The van der Waals surface area contributed by atoms with Crippen molar-refractivity contribution in [1.82, 2.24) is 15.3 Å². The fraction of sp³-hybridized carbons (Fsp3) is 0.182. The molecule has 27 heavy (non-hydrogen) atoms. The van der Waals surface area contributed by atoms with Crippen LogP contribution in [0.5, 0.6) is 0 Å². The van der Waals surface area contributed by atoms with Crippen molar-refractivity contribution >= 4 is 28.3 Å². The normalized spacial score (nSPS) is 12.2. The van der Waals surface area contributed by atoms with Gasteiger partial charge in [0.25, 0.3) is 5.91 Å². The molecular formula is C22H21N3OS. The van der Waals surface area contributed by atoms with E-state index in [9.17, 15) is 4.79 Å². The molecular weight excluding hydrogens is 354 g/mol. The van der Waals surface area contributed by atoms with E-state index in [2.05, 4.69) is 22.4 Å². The van der Waals surface area contributed by atoms with Crippen LogP contribution >= 0.6 is 11.3 Å². The number of imidazole rings is 1. The third-order valence-corrected chi connectivity index (χ3v) is 5.58. The molecule has 4 aromatic rings. The van der Waals surface area contributed by atoms with E-state index in [-0.39, 0.29) is 11.9 Å². The van der Waals surface area contributed by atoms with Gasteiger partial charge in [-0.05, 0) is 44.0 Å². The molecule has 0 unspecified atom stereocenters. The van der Waals surface area contributed by atoms with Gasteiger partial charge in [-0.15, -0.1) is 11.3 Å². The molecule has 0 spiro atoms. The minimum Gasteiger partial charge on any atom is -0.342 e. The molecule has 0 bridgehead atoms. The zero-order valence-electron chi connectivity index (χ0n) is 15.3. The number of amides is 1. The fourth-order valence-corrected chi connectivity index (χ4v) is 4.22. The Labute approximate surface area is 162 Å². The Morgan fingerprint density at radius 1 is 1.11 bits per heavy atom. The maximum atomic E-state index is 12.9.